The summed E-state index contributed by atoms with van der Waals surface area (Å²) >= 11 is 0. The molecule has 0 saturated carbocycles. The van der Waals surface area contributed by atoms with Crippen molar-refractivity contribution in [3.8, 4) is 0 Å². The fourth-order valence-corrected chi connectivity index (χ4v) is 1.19. The third-order valence-electron chi connectivity index (χ3n) is 1.93. The number of nitrogens with two attached hydrogens (primary N) is 1. The van der Waals surface area contributed by atoms with Crippen LogP contribution in [-0.4, -0.2) is 12.1 Å². The van der Waals surface area contributed by atoms with Gasteiger partial charge in [0.2, 0.25) is 5.91 Å². The lowest BCUT2D eigenvalue weighted by molar-refractivity contribution is 0.100. The fraction of sp³-hybridized carbons (Fsp3) is 0. The molecular formula is C10H8N3O. The predicted octanol–water partition coefficient (Wildman–Crippen LogP) is 0.730. The lowest BCUT2D eigenvalue weighted by Crippen LogP contribution is -2.10. The number of nitrogens with zero attached hydrogens (tertiary/aromatic N) is 2. The molecule has 0 aromatic heterocycles. The minimum Gasteiger partial charge on any atom is -0.366 e. The van der Waals surface area contributed by atoms with Crippen molar-refractivity contribution < 1.29 is 4.79 Å². The second kappa shape index (κ2) is 3.33. The first-order chi connectivity index (χ1) is 6.77. The largest absolute Gasteiger partial charge is 0.366 e. The minimum atomic E-state index is -0.426. The van der Waals surface area contributed by atoms with Gasteiger partial charge in [-0.25, -0.2) is 0 Å². The van der Waals surface area contributed by atoms with Crippen LogP contribution < -0.4 is 11.2 Å². The van der Waals surface area contributed by atoms with Gasteiger partial charge in [-0.05, 0) is 18.2 Å². The van der Waals surface area contributed by atoms with E-state index in [0.29, 0.717) is 5.56 Å². The molecule has 1 aromatic rings. The summed E-state index contributed by atoms with van der Waals surface area (Å²) in [4.78, 5) is 10.8. The van der Waals surface area contributed by atoms with Gasteiger partial charge in [0.05, 0.1) is 11.9 Å². The van der Waals surface area contributed by atoms with Gasteiger partial charge in [0.25, 0.3) is 0 Å². The van der Waals surface area contributed by atoms with E-state index in [0.717, 1.165) is 11.3 Å². The van der Waals surface area contributed by atoms with E-state index >= 15 is 0 Å². The molecular weight excluding hydrogens is 178 g/mol. The van der Waals surface area contributed by atoms with E-state index in [1.165, 1.54) is 0 Å². The Balaban J connectivity index is 2.26. The van der Waals surface area contributed by atoms with E-state index < -0.39 is 5.91 Å². The van der Waals surface area contributed by atoms with Gasteiger partial charge in [0, 0.05) is 11.1 Å². The summed E-state index contributed by atoms with van der Waals surface area (Å²) in [5.74, 6) is -0.426. The Labute approximate surface area is 81.1 Å². The van der Waals surface area contributed by atoms with Crippen molar-refractivity contribution in [3.63, 3.8) is 0 Å². The zero-order chi connectivity index (χ0) is 9.97. The number of carbonyl (C=O) groups is 1. The Kier molecular flexibility index (Phi) is 2.02. The lowest BCUT2D eigenvalue weighted by atomic mass is 10.1. The molecule has 1 aliphatic rings. The standard InChI is InChI=1S/C10H8N3O/c11-10(14)8-3-1-7(2-4-8)9-5-6-12-13-9/h1-6H,(H2,11,14). The Morgan fingerprint density at radius 2 is 1.93 bits per heavy atom. The van der Waals surface area contributed by atoms with Gasteiger partial charge < -0.3 is 5.73 Å². The molecule has 0 atom stereocenters. The van der Waals surface area contributed by atoms with Crippen LogP contribution in [0.15, 0.2) is 35.4 Å². The van der Waals surface area contributed by atoms with Crippen LogP contribution in [0.2, 0.25) is 0 Å². The van der Waals surface area contributed by atoms with Crippen molar-refractivity contribution in [2.45, 2.75) is 0 Å². The highest BCUT2D eigenvalue weighted by Gasteiger charge is 2.06. The van der Waals surface area contributed by atoms with E-state index in [-0.39, 0.29) is 0 Å². The van der Waals surface area contributed by atoms with Gasteiger partial charge in [0.1, 0.15) is 0 Å². The van der Waals surface area contributed by atoms with Crippen LogP contribution in [0.1, 0.15) is 15.9 Å². The summed E-state index contributed by atoms with van der Waals surface area (Å²) in [6.45, 7) is 0. The fourth-order valence-electron chi connectivity index (χ4n) is 1.19. The van der Waals surface area contributed by atoms with Gasteiger partial charge in [0.15, 0.2) is 0 Å². The molecule has 1 aromatic carbocycles. The average molecular weight is 186 g/mol. The molecule has 1 radical (unpaired) electrons. The van der Waals surface area contributed by atoms with Crippen molar-refractivity contribution in [2.24, 2.45) is 10.8 Å². The molecule has 0 spiro atoms. The van der Waals surface area contributed by atoms with Crippen molar-refractivity contribution >= 4 is 17.8 Å². The molecule has 69 valence electrons. The maximum atomic E-state index is 10.8. The molecule has 2 rings (SSSR count). The van der Waals surface area contributed by atoms with Crippen molar-refractivity contribution in [2.75, 3.05) is 0 Å². The molecule has 0 aliphatic carbocycles. The third kappa shape index (κ3) is 1.50. The van der Waals surface area contributed by atoms with Gasteiger partial charge in [-0.2, -0.15) is 10.5 Å². The van der Waals surface area contributed by atoms with Crippen LogP contribution in [0.3, 0.4) is 0 Å². The first-order valence-electron chi connectivity index (χ1n) is 4.12. The lowest BCUT2D eigenvalue weighted by Gasteiger charge is -2.00. The highest BCUT2D eigenvalue weighted by Crippen LogP contribution is 2.15. The Bertz CT molecular complexity index is 417. The minimum absolute atomic E-state index is 0.426. The van der Waals surface area contributed by atoms with E-state index in [4.69, 9.17) is 5.73 Å². The number of benzene rings is 1. The second-order valence-electron chi connectivity index (χ2n) is 2.86. The summed E-state index contributed by atoms with van der Waals surface area (Å²) in [5.41, 5.74) is 11.2. The third-order valence-corrected chi connectivity index (χ3v) is 1.93. The Hall–Kier alpha value is -2.10. The molecule has 1 amide bonds. The van der Waals surface area contributed by atoms with Gasteiger partial charge in [-0.15, -0.1) is 0 Å². The zero-order valence-electron chi connectivity index (χ0n) is 7.34. The highest BCUT2D eigenvalue weighted by atomic mass is 16.1. The van der Waals surface area contributed by atoms with Crippen LogP contribution in [0.4, 0.5) is 0 Å². The maximum absolute atomic E-state index is 10.8. The first-order valence-corrected chi connectivity index (χ1v) is 4.12. The summed E-state index contributed by atoms with van der Waals surface area (Å²) in [6.07, 6.45) is 3.43. The molecule has 0 saturated heterocycles. The number of carbonyl (C=O) groups excluding carboxylic acids is 1. The van der Waals surface area contributed by atoms with Crippen molar-refractivity contribution in [3.05, 3.63) is 41.5 Å². The number of rotatable bonds is 2. The van der Waals surface area contributed by atoms with Gasteiger partial charge >= 0.3 is 0 Å². The van der Waals surface area contributed by atoms with Crippen molar-refractivity contribution in [1.82, 2.24) is 5.43 Å². The van der Waals surface area contributed by atoms with Gasteiger partial charge in [-0.3, -0.25) is 4.79 Å². The normalized spacial score (nSPS) is 13.6. The Morgan fingerprint density at radius 1 is 1.21 bits per heavy atom. The monoisotopic (exact) mass is 186 g/mol. The first kappa shape index (κ1) is 8.50. The number of hydrogen-bond acceptors (Lipinski definition) is 2. The van der Waals surface area contributed by atoms with Crippen LogP contribution in [0, 0.1) is 0 Å². The molecule has 0 bridgehead atoms. The topological polar surface area (TPSA) is 69.6 Å². The SMILES string of the molecule is NC(=O)c1ccc(C2=CC=N[N]2)cc1. The van der Waals surface area contributed by atoms with Crippen LogP contribution >= 0.6 is 0 Å². The van der Waals surface area contributed by atoms with Crippen LogP contribution in [0.5, 0.6) is 0 Å². The molecule has 4 nitrogen and oxygen atoms in total. The predicted molar refractivity (Wildman–Crippen MR) is 53.6 cm³/mol. The summed E-state index contributed by atoms with van der Waals surface area (Å²) < 4.78 is 0. The molecule has 14 heavy (non-hydrogen) atoms. The number of amides is 1. The number of allylic oxidation sites excluding steroid dienone is 1. The smallest absolute Gasteiger partial charge is 0.248 e. The van der Waals surface area contributed by atoms with Gasteiger partial charge in [-0.1, -0.05) is 12.1 Å². The summed E-state index contributed by atoms with van der Waals surface area (Å²) in [7, 11) is 0. The molecule has 2 N–H and O–H groups in total. The number of primary amides is 1. The Morgan fingerprint density at radius 3 is 2.43 bits per heavy atom. The van der Waals surface area contributed by atoms with Crippen LogP contribution in [0.25, 0.3) is 5.70 Å². The molecule has 1 heterocycles. The van der Waals surface area contributed by atoms with Crippen LogP contribution in [-0.2, 0) is 0 Å². The highest BCUT2D eigenvalue weighted by molar-refractivity contribution is 5.93. The number of hydrogen-bond donors (Lipinski definition) is 1. The maximum Gasteiger partial charge on any atom is 0.248 e. The van der Waals surface area contributed by atoms with E-state index in [2.05, 4.69) is 10.5 Å². The summed E-state index contributed by atoms with van der Waals surface area (Å²) in [5, 5.41) is 3.71. The molecule has 0 unspecified atom stereocenters. The van der Waals surface area contributed by atoms with E-state index in [1.807, 2.05) is 0 Å². The van der Waals surface area contributed by atoms with E-state index in [9.17, 15) is 4.79 Å². The van der Waals surface area contributed by atoms with E-state index in [1.54, 1.807) is 36.6 Å². The summed E-state index contributed by atoms with van der Waals surface area (Å²) in [6, 6.07) is 6.94. The zero-order valence-corrected chi connectivity index (χ0v) is 7.34. The molecule has 0 fully saturated rings. The molecule has 1 aliphatic heterocycles. The second-order valence-corrected chi connectivity index (χ2v) is 2.86. The quantitative estimate of drug-likeness (QED) is 0.726. The van der Waals surface area contributed by atoms with Crippen molar-refractivity contribution in [1.29, 1.82) is 0 Å². The average Bonchev–Trinajstić information content (AvgIpc) is 2.71. The molecule has 4 heteroatoms.